The van der Waals surface area contributed by atoms with Crippen LogP contribution in [0.15, 0.2) is 41.3 Å². The molecule has 0 bridgehead atoms. The fourth-order valence-electron chi connectivity index (χ4n) is 2.42. The van der Waals surface area contributed by atoms with Gasteiger partial charge in [-0.1, -0.05) is 6.07 Å². The van der Waals surface area contributed by atoms with Crippen molar-refractivity contribution in [2.45, 2.75) is 4.90 Å². The first-order chi connectivity index (χ1) is 12.8. The highest BCUT2D eigenvalue weighted by Crippen LogP contribution is 2.33. The summed E-state index contributed by atoms with van der Waals surface area (Å²) in [5, 5.41) is 9.36. The molecule has 2 aromatic carbocycles. The van der Waals surface area contributed by atoms with Crippen molar-refractivity contribution in [3.8, 4) is 22.6 Å². The summed E-state index contributed by atoms with van der Waals surface area (Å²) < 4.78 is 42.6. The molecule has 0 heterocycles. The van der Waals surface area contributed by atoms with Crippen molar-refractivity contribution in [2.75, 3.05) is 34.5 Å². The molecule has 0 unspecified atom stereocenters. The number of hydrogen-bond donors (Lipinski definition) is 2. The lowest BCUT2D eigenvalue weighted by molar-refractivity contribution is 0.0696. The van der Waals surface area contributed by atoms with Crippen LogP contribution in [-0.4, -0.2) is 54.0 Å². The van der Waals surface area contributed by atoms with Gasteiger partial charge in [-0.3, -0.25) is 0 Å². The van der Waals surface area contributed by atoms with Crippen molar-refractivity contribution in [1.29, 1.82) is 0 Å². The standard InChI is InChI=1S/C18H21NO7S/c1-24-7-6-19-27(22,23)15-9-13(8-14(10-15)18(20)21)12-4-5-16(25-2)17(11-12)26-3/h4-5,8-11,19H,6-7H2,1-3H3,(H,20,21). The molecule has 8 nitrogen and oxygen atoms in total. The van der Waals surface area contributed by atoms with Crippen LogP contribution >= 0.6 is 0 Å². The maximum atomic E-state index is 12.5. The van der Waals surface area contributed by atoms with Gasteiger partial charge in [0.2, 0.25) is 10.0 Å². The van der Waals surface area contributed by atoms with E-state index in [9.17, 15) is 18.3 Å². The second kappa shape index (κ2) is 8.85. The molecule has 0 atom stereocenters. The molecule has 0 aliphatic carbocycles. The monoisotopic (exact) mass is 395 g/mol. The molecule has 0 aromatic heterocycles. The number of carboxylic acid groups (broad SMARTS) is 1. The Hall–Kier alpha value is -2.62. The molecule has 2 N–H and O–H groups in total. The minimum absolute atomic E-state index is 0.0713. The Morgan fingerprint density at radius 1 is 1.00 bits per heavy atom. The molecule has 2 aromatic rings. The van der Waals surface area contributed by atoms with Gasteiger partial charge in [0.05, 0.1) is 31.3 Å². The van der Waals surface area contributed by atoms with Crippen molar-refractivity contribution in [3.05, 3.63) is 42.0 Å². The number of methoxy groups -OCH3 is 3. The summed E-state index contributed by atoms with van der Waals surface area (Å²) in [6.07, 6.45) is 0. The van der Waals surface area contributed by atoms with E-state index in [-0.39, 0.29) is 23.6 Å². The summed E-state index contributed by atoms with van der Waals surface area (Å²) in [7, 11) is 0.532. The average molecular weight is 395 g/mol. The van der Waals surface area contributed by atoms with E-state index in [4.69, 9.17) is 14.2 Å². The molecule has 0 saturated heterocycles. The van der Waals surface area contributed by atoms with Crippen LogP contribution in [0.3, 0.4) is 0 Å². The van der Waals surface area contributed by atoms with Gasteiger partial charge in [-0.25, -0.2) is 17.9 Å². The highest BCUT2D eigenvalue weighted by Gasteiger charge is 2.19. The predicted molar refractivity (Wildman–Crippen MR) is 99.0 cm³/mol. The highest BCUT2D eigenvalue weighted by molar-refractivity contribution is 7.89. The summed E-state index contributed by atoms with van der Waals surface area (Å²) in [5.74, 6) is -0.284. The Balaban J connectivity index is 2.54. The Bertz CT molecular complexity index is 925. The van der Waals surface area contributed by atoms with E-state index in [1.165, 1.54) is 33.5 Å². The van der Waals surface area contributed by atoms with E-state index in [2.05, 4.69) is 4.72 Å². The zero-order valence-corrected chi connectivity index (χ0v) is 16.0. The Morgan fingerprint density at radius 2 is 1.70 bits per heavy atom. The summed E-state index contributed by atoms with van der Waals surface area (Å²) >= 11 is 0. The Kier molecular flexibility index (Phi) is 6.78. The van der Waals surface area contributed by atoms with Gasteiger partial charge in [-0.2, -0.15) is 0 Å². The number of carboxylic acids is 1. The molecule has 0 amide bonds. The van der Waals surface area contributed by atoms with Crippen LogP contribution in [0.25, 0.3) is 11.1 Å². The zero-order valence-electron chi connectivity index (χ0n) is 15.2. The normalized spacial score (nSPS) is 11.2. The maximum absolute atomic E-state index is 12.5. The maximum Gasteiger partial charge on any atom is 0.335 e. The topological polar surface area (TPSA) is 111 Å². The third-order valence-corrected chi connectivity index (χ3v) is 5.22. The first-order valence-electron chi connectivity index (χ1n) is 7.91. The highest BCUT2D eigenvalue weighted by atomic mass is 32.2. The van der Waals surface area contributed by atoms with Crippen LogP contribution in [0.4, 0.5) is 0 Å². The minimum Gasteiger partial charge on any atom is -0.493 e. The third kappa shape index (κ3) is 4.97. The lowest BCUT2D eigenvalue weighted by Crippen LogP contribution is -2.27. The van der Waals surface area contributed by atoms with Crippen LogP contribution in [0.5, 0.6) is 11.5 Å². The molecule has 9 heteroatoms. The summed E-state index contributed by atoms with van der Waals surface area (Å²) in [6, 6.07) is 8.92. The van der Waals surface area contributed by atoms with Crippen molar-refractivity contribution >= 4 is 16.0 Å². The van der Waals surface area contributed by atoms with E-state index in [1.807, 2.05) is 0 Å². The van der Waals surface area contributed by atoms with Crippen molar-refractivity contribution in [1.82, 2.24) is 4.72 Å². The van der Waals surface area contributed by atoms with E-state index >= 15 is 0 Å². The fourth-order valence-corrected chi connectivity index (χ4v) is 3.50. The average Bonchev–Trinajstić information content (AvgIpc) is 2.67. The van der Waals surface area contributed by atoms with Gasteiger partial charge in [-0.15, -0.1) is 0 Å². The number of carbonyl (C=O) groups is 1. The number of nitrogens with one attached hydrogen (secondary N) is 1. The molecule has 2 rings (SSSR count). The van der Waals surface area contributed by atoms with Gasteiger partial charge in [0.25, 0.3) is 0 Å². The number of aromatic carboxylic acids is 1. The first-order valence-corrected chi connectivity index (χ1v) is 9.40. The second-order valence-electron chi connectivity index (χ2n) is 5.51. The van der Waals surface area contributed by atoms with Crippen LogP contribution < -0.4 is 14.2 Å². The largest absolute Gasteiger partial charge is 0.493 e. The fraction of sp³-hybridized carbons (Fsp3) is 0.278. The molecule has 27 heavy (non-hydrogen) atoms. The van der Waals surface area contributed by atoms with Crippen LogP contribution in [0, 0.1) is 0 Å². The predicted octanol–water partition coefficient (Wildman–Crippen LogP) is 1.99. The van der Waals surface area contributed by atoms with Gasteiger partial charge in [0.1, 0.15) is 0 Å². The van der Waals surface area contributed by atoms with E-state index in [0.717, 1.165) is 6.07 Å². The van der Waals surface area contributed by atoms with Gasteiger partial charge < -0.3 is 19.3 Å². The molecule has 0 spiro atoms. The molecular weight excluding hydrogens is 374 g/mol. The van der Waals surface area contributed by atoms with Gasteiger partial charge in [0, 0.05) is 13.7 Å². The molecule has 0 aliphatic rings. The molecular formula is C18H21NO7S. The van der Waals surface area contributed by atoms with Crippen LogP contribution in [0.2, 0.25) is 0 Å². The minimum atomic E-state index is -3.90. The summed E-state index contributed by atoms with van der Waals surface area (Å²) in [4.78, 5) is 11.3. The molecule has 0 saturated carbocycles. The zero-order chi connectivity index (χ0) is 20.0. The summed E-state index contributed by atoms with van der Waals surface area (Å²) in [6.45, 7) is 0.266. The smallest absolute Gasteiger partial charge is 0.335 e. The summed E-state index contributed by atoms with van der Waals surface area (Å²) in [5.41, 5.74) is 0.862. The SMILES string of the molecule is COCCNS(=O)(=O)c1cc(C(=O)O)cc(-c2ccc(OC)c(OC)c2)c1. The molecule has 0 fully saturated rings. The van der Waals surface area contributed by atoms with Gasteiger partial charge in [-0.05, 0) is 41.5 Å². The number of benzene rings is 2. The number of rotatable bonds is 9. The quantitative estimate of drug-likeness (QED) is 0.625. The van der Waals surface area contributed by atoms with Crippen LogP contribution in [-0.2, 0) is 14.8 Å². The molecule has 0 aliphatic heterocycles. The van der Waals surface area contributed by atoms with E-state index in [1.54, 1.807) is 18.2 Å². The van der Waals surface area contributed by atoms with Crippen molar-refractivity contribution in [3.63, 3.8) is 0 Å². The third-order valence-electron chi connectivity index (χ3n) is 3.78. The Morgan fingerprint density at radius 3 is 2.30 bits per heavy atom. The van der Waals surface area contributed by atoms with E-state index < -0.39 is 16.0 Å². The molecule has 0 radical (unpaired) electrons. The lowest BCUT2D eigenvalue weighted by atomic mass is 10.0. The van der Waals surface area contributed by atoms with Crippen LogP contribution in [0.1, 0.15) is 10.4 Å². The Labute approximate surface area is 157 Å². The van der Waals surface area contributed by atoms with Crippen molar-refractivity contribution < 1.29 is 32.5 Å². The number of sulfonamides is 1. The van der Waals surface area contributed by atoms with Gasteiger partial charge in [0.15, 0.2) is 11.5 Å². The van der Waals surface area contributed by atoms with E-state index in [0.29, 0.717) is 22.6 Å². The number of ether oxygens (including phenoxy) is 3. The first kappa shape index (κ1) is 20.7. The second-order valence-corrected chi connectivity index (χ2v) is 7.28. The van der Waals surface area contributed by atoms with Crippen molar-refractivity contribution in [2.24, 2.45) is 0 Å². The number of hydrogen-bond acceptors (Lipinski definition) is 6. The molecule has 146 valence electrons. The van der Waals surface area contributed by atoms with Gasteiger partial charge >= 0.3 is 5.97 Å². The lowest BCUT2D eigenvalue weighted by Gasteiger charge is -2.12.